The highest BCUT2D eigenvalue weighted by Gasteiger charge is 2.20. The molecule has 0 bridgehead atoms. The van der Waals surface area contributed by atoms with E-state index in [0.717, 1.165) is 5.69 Å². The standard InChI is InChI=1S/C48H30N2/c1-3-15-35-31(12-1)14-11-21-36(35)32-24-26-34(27-25-32)49-44-22-9-7-19-40(44)42-30-48-43(29-47(42)49)41-20-8-10-23-45(41)50(48)46-28-33-13-2-4-16-37(33)38-17-5-6-18-39(38)46/h1-30H. The fourth-order valence-electron chi connectivity index (χ4n) is 8.46. The molecule has 0 atom stereocenters. The van der Waals surface area contributed by atoms with Crippen molar-refractivity contribution in [2.45, 2.75) is 0 Å². The van der Waals surface area contributed by atoms with Gasteiger partial charge < -0.3 is 9.13 Å². The Bertz CT molecular complexity index is 3130. The maximum Gasteiger partial charge on any atom is 0.0549 e. The Morgan fingerprint density at radius 1 is 0.280 bits per heavy atom. The summed E-state index contributed by atoms with van der Waals surface area (Å²) >= 11 is 0. The van der Waals surface area contributed by atoms with E-state index in [2.05, 4.69) is 191 Å². The van der Waals surface area contributed by atoms with Gasteiger partial charge in [-0.25, -0.2) is 0 Å². The first kappa shape index (κ1) is 27.3. The number of hydrogen-bond acceptors (Lipinski definition) is 0. The average molecular weight is 635 g/mol. The number of fused-ring (bicyclic) bond motifs is 10. The van der Waals surface area contributed by atoms with E-state index in [1.807, 2.05) is 0 Å². The lowest BCUT2D eigenvalue weighted by Gasteiger charge is -2.14. The first-order valence-corrected chi connectivity index (χ1v) is 17.3. The van der Waals surface area contributed by atoms with Gasteiger partial charge in [0, 0.05) is 32.6 Å². The third kappa shape index (κ3) is 3.85. The molecular weight excluding hydrogens is 605 g/mol. The van der Waals surface area contributed by atoms with Crippen LogP contribution < -0.4 is 0 Å². The van der Waals surface area contributed by atoms with Crippen LogP contribution in [0.3, 0.4) is 0 Å². The maximum absolute atomic E-state index is 2.49. The molecule has 2 heterocycles. The van der Waals surface area contributed by atoms with Crippen LogP contribution in [0.25, 0.3) is 98.4 Å². The van der Waals surface area contributed by atoms with Crippen LogP contribution in [0.15, 0.2) is 182 Å². The number of aromatic nitrogens is 2. The van der Waals surface area contributed by atoms with Gasteiger partial charge in [-0.1, -0.05) is 140 Å². The summed E-state index contributed by atoms with van der Waals surface area (Å²) in [6.45, 7) is 0. The van der Waals surface area contributed by atoms with Crippen LogP contribution in [-0.4, -0.2) is 9.13 Å². The third-order valence-corrected chi connectivity index (χ3v) is 10.7. The van der Waals surface area contributed by atoms with E-state index >= 15 is 0 Å². The summed E-state index contributed by atoms with van der Waals surface area (Å²) in [5.41, 5.74) is 9.69. The second-order valence-corrected chi connectivity index (χ2v) is 13.3. The molecule has 0 unspecified atom stereocenters. The van der Waals surface area contributed by atoms with E-state index < -0.39 is 0 Å². The summed E-state index contributed by atoms with van der Waals surface area (Å²) < 4.78 is 4.93. The normalized spacial score (nSPS) is 12.0. The van der Waals surface area contributed by atoms with Crippen LogP contribution in [0.4, 0.5) is 0 Å². The van der Waals surface area contributed by atoms with Crippen molar-refractivity contribution in [3.05, 3.63) is 182 Å². The lowest BCUT2D eigenvalue weighted by Crippen LogP contribution is -1.96. The van der Waals surface area contributed by atoms with Gasteiger partial charge in [0.2, 0.25) is 0 Å². The van der Waals surface area contributed by atoms with Crippen molar-refractivity contribution >= 4 is 75.9 Å². The van der Waals surface area contributed by atoms with Crippen molar-refractivity contribution in [1.29, 1.82) is 0 Å². The van der Waals surface area contributed by atoms with E-state index in [1.165, 1.54) is 92.7 Å². The number of benzene rings is 9. The molecule has 50 heavy (non-hydrogen) atoms. The molecule has 0 saturated heterocycles. The molecular formula is C48H30N2. The van der Waals surface area contributed by atoms with Gasteiger partial charge in [-0.3, -0.25) is 0 Å². The molecule has 232 valence electrons. The molecule has 2 nitrogen and oxygen atoms in total. The topological polar surface area (TPSA) is 9.86 Å². The Balaban J connectivity index is 1.19. The van der Waals surface area contributed by atoms with Gasteiger partial charge in [0.15, 0.2) is 0 Å². The molecule has 9 aromatic carbocycles. The molecule has 0 amide bonds. The fraction of sp³-hybridized carbons (Fsp3) is 0. The van der Waals surface area contributed by atoms with E-state index in [9.17, 15) is 0 Å². The van der Waals surface area contributed by atoms with Crippen LogP contribution in [-0.2, 0) is 0 Å². The third-order valence-electron chi connectivity index (χ3n) is 10.7. The smallest absolute Gasteiger partial charge is 0.0549 e. The van der Waals surface area contributed by atoms with Crippen LogP contribution in [0.1, 0.15) is 0 Å². The Morgan fingerprint density at radius 2 is 0.800 bits per heavy atom. The summed E-state index contributed by atoms with van der Waals surface area (Å²) in [7, 11) is 0. The molecule has 0 aliphatic heterocycles. The number of para-hydroxylation sites is 2. The highest BCUT2D eigenvalue weighted by molar-refractivity contribution is 6.20. The molecule has 0 aliphatic rings. The number of hydrogen-bond donors (Lipinski definition) is 0. The zero-order valence-corrected chi connectivity index (χ0v) is 27.2. The van der Waals surface area contributed by atoms with Gasteiger partial charge in [0.25, 0.3) is 0 Å². The second-order valence-electron chi connectivity index (χ2n) is 13.3. The summed E-state index contributed by atoms with van der Waals surface area (Å²) in [5.74, 6) is 0. The van der Waals surface area contributed by atoms with Crippen molar-refractivity contribution in [2.75, 3.05) is 0 Å². The van der Waals surface area contributed by atoms with E-state index in [0.29, 0.717) is 0 Å². The molecule has 2 heteroatoms. The summed E-state index contributed by atoms with van der Waals surface area (Å²) in [4.78, 5) is 0. The number of rotatable bonds is 3. The molecule has 0 aliphatic carbocycles. The molecule has 0 radical (unpaired) electrons. The van der Waals surface area contributed by atoms with Gasteiger partial charge >= 0.3 is 0 Å². The van der Waals surface area contributed by atoms with Crippen molar-refractivity contribution in [3.63, 3.8) is 0 Å². The highest BCUT2D eigenvalue weighted by atomic mass is 15.0. The molecule has 11 rings (SSSR count). The van der Waals surface area contributed by atoms with Crippen molar-refractivity contribution < 1.29 is 0 Å². The number of nitrogens with zero attached hydrogens (tertiary/aromatic N) is 2. The summed E-state index contributed by atoms with van der Waals surface area (Å²) in [6, 6.07) is 66.8. The molecule has 11 aromatic rings. The SMILES string of the molecule is c1ccc2c(-c3ccc(-n4c5ccccc5c5cc6c(cc54)c4ccccc4n6-c4cc5ccccc5c5ccccc45)cc3)cccc2c1. The Labute approximate surface area is 288 Å². The maximum atomic E-state index is 2.49. The highest BCUT2D eigenvalue weighted by Crippen LogP contribution is 2.42. The molecule has 0 saturated carbocycles. The zero-order chi connectivity index (χ0) is 32.8. The minimum atomic E-state index is 1.16. The molecule has 0 spiro atoms. The lowest BCUT2D eigenvalue weighted by atomic mass is 9.98. The van der Waals surface area contributed by atoms with Gasteiger partial charge in [-0.2, -0.15) is 0 Å². The van der Waals surface area contributed by atoms with Gasteiger partial charge in [-0.05, 0) is 80.5 Å². The summed E-state index contributed by atoms with van der Waals surface area (Å²) in [6.07, 6.45) is 0. The molecule has 0 fully saturated rings. The minimum absolute atomic E-state index is 1.16. The zero-order valence-electron chi connectivity index (χ0n) is 27.2. The first-order valence-electron chi connectivity index (χ1n) is 17.3. The average Bonchev–Trinajstić information content (AvgIpc) is 3.68. The van der Waals surface area contributed by atoms with Gasteiger partial charge in [-0.15, -0.1) is 0 Å². The largest absolute Gasteiger partial charge is 0.309 e. The second kappa shape index (κ2) is 10.4. The van der Waals surface area contributed by atoms with E-state index in [4.69, 9.17) is 0 Å². The van der Waals surface area contributed by atoms with E-state index in [-0.39, 0.29) is 0 Å². The van der Waals surface area contributed by atoms with Crippen LogP contribution in [0.2, 0.25) is 0 Å². The van der Waals surface area contributed by atoms with Crippen LogP contribution in [0, 0.1) is 0 Å². The van der Waals surface area contributed by atoms with Crippen molar-refractivity contribution in [1.82, 2.24) is 9.13 Å². The van der Waals surface area contributed by atoms with Crippen LogP contribution >= 0.6 is 0 Å². The predicted octanol–water partition coefficient (Wildman–Crippen LogP) is 13.0. The monoisotopic (exact) mass is 634 g/mol. The first-order chi connectivity index (χ1) is 24.8. The molecule has 2 aromatic heterocycles. The van der Waals surface area contributed by atoms with Crippen molar-refractivity contribution in [3.8, 4) is 22.5 Å². The van der Waals surface area contributed by atoms with Crippen LogP contribution in [0.5, 0.6) is 0 Å². The van der Waals surface area contributed by atoms with E-state index in [1.54, 1.807) is 0 Å². The van der Waals surface area contributed by atoms with Crippen molar-refractivity contribution in [2.24, 2.45) is 0 Å². The Hall–Kier alpha value is -6.64. The van der Waals surface area contributed by atoms with Gasteiger partial charge in [0.05, 0.1) is 27.8 Å². The Kier molecular flexibility index (Phi) is 5.70. The van der Waals surface area contributed by atoms with Gasteiger partial charge in [0.1, 0.15) is 0 Å². The Morgan fingerprint density at radius 3 is 1.52 bits per heavy atom. The lowest BCUT2D eigenvalue weighted by molar-refractivity contribution is 1.18. The fourth-order valence-corrected chi connectivity index (χ4v) is 8.46. The quantitative estimate of drug-likeness (QED) is 0.171. The predicted molar refractivity (Wildman–Crippen MR) is 213 cm³/mol. The summed E-state index contributed by atoms with van der Waals surface area (Å²) in [5, 5.41) is 12.6. The minimum Gasteiger partial charge on any atom is -0.309 e. The molecule has 0 N–H and O–H groups in total.